The summed E-state index contributed by atoms with van der Waals surface area (Å²) in [5.74, 6) is -0.254. The highest BCUT2D eigenvalue weighted by molar-refractivity contribution is 5.87. The molecule has 1 rings (SSSR count). The largest absolute Gasteiger partial charge is 0.466 e. The van der Waals surface area contributed by atoms with Crippen LogP contribution in [0.4, 0.5) is 0 Å². The molecule has 0 aromatic carbocycles. The Labute approximate surface area is 91.2 Å². The molecule has 0 bridgehead atoms. The summed E-state index contributed by atoms with van der Waals surface area (Å²) in [6, 6.07) is 0. The normalized spacial score (nSPS) is 18.9. The molecule has 0 aliphatic carbocycles. The average Bonchev–Trinajstić information content (AvgIpc) is 2.29. The van der Waals surface area contributed by atoms with Crippen molar-refractivity contribution < 1.29 is 9.53 Å². The molecule has 0 aromatic rings. The number of nitrogens with one attached hydrogen (secondary N) is 1. The first-order valence-corrected chi connectivity index (χ1v) is 5.47. The summed E-state index contributed by atoms with van der Waals surface area (Å²) in [6.07, 6.45) is 5.70. The number of nitrogens with zero attached hydrogens (tertiary/aromatic N) is 1. The van der Waals surface area contributed by atoms with Crippen molar-refractivity contribution in [3.63, 3.8) is 0 Å². The van der Waals surface area contributed by atoms with E-state index >= 15 is 0 Å². The molecule has 1 heterocycles. The third-order valence-corrected chi connectivity index (χ3v) is 2.59. The molecule has 1 aliphatic heterocycles. The van der Waals surface area contributed by atoms with E-state index in [0.29, 0.717) is 12.1 Å². The van der Waals surface area contributed by atoms with Gasteiger partial charge in [0.1, 0.15) is 0 Å². The first kappa shape index (κ1) is 12.2. The van der Waals surface area contributed by atoms with Crippen LogP contribution in [0.5, 0.6) is 0 Å². The number of esters is 1. The number of hydrazine groups is 1. The first-order chi connectivity index (χ1) is 7.24. The molecular formula is C11H20N2O2. The molecule has 0 aromatic heterocycles. The van der Waals surface area contributed by atoms with Gasteiger partial charge >= 0.3 is 5.97 Å². The van der Waals surface area contributed by atoms with Gasteiger partial charge in [0, 0.05) is 25.2 Å². The average molecular weight is 212 g/mol. The molecular weight excluding hydrogens is 192 g/mol. The van der Waals surface area contributed by atoms with Crippen LogP contribution in [0.2, 0.25) is 0 Å². The monoisotopic (exact) mass is 212 g/mol. The molecule has 1 aliphatic rings. The summed E-state index contributed by atoms with van der Waals surface area (Å²) >= 11 is 0. The molecule has 4 nitrogen and oxygen atoms in total. The maximum Gasteiger partial charge on any atom is 0.333 e. The van der Waals surface area contributed by atoms with Gasteiger partial charge in [-0.15, -0.1) is 0 Å². The molecule has 86 valence electrons. The van der Waals surface area contributed by atoms with E-state index in [1.165, 1.54) is 26.4 Å². The van der Waals surface area contributed by atoms with Gasteiger partial charge in [0.2, 0.25) is 0 Å². The molecule has 0 atom stereocenters. The summed E-state index contributed by atoms with van der Waals surface area (Å²) < 4.78 is 4.61. The highest BCUT2D eigenvalue weighted by atomic mass is 16.5. The van der Waals surface area contributed by atoms with Gasteiger partial charge < -0.3 is 4.74 Å². The number of hydrogen-bond acceptors (Lipinski definition) is 4. The van der Waals surface area contributed by atoms with Crippen molar-refractivity contribution in [2.24, 2.45) is 0 Å². The van der Waals surface area contributed by atoms with Crippen LogP contribution in [0.15, 0.2) is 11.6 Å². The van der Waals surface area contributed by atoms with E-state index in [1.807, 2.05) is 6.08 Å². The van der Waals surface area contributed by atoms with Crippen molar-refractivity contribution in [3.05, 3.63) is 11.6 Å². The molecule has 15 heavy (non-hydrogen) atoms. The highest BCUT2D eigenvalue weighted by Crippen LogP contribution is 2.05. The van der Waals surface area contributed by atoms with E-state index in [4.69, 9.17) is 0 Å². The molecule has 1 N–H and O–H groups in total. The lowest BCUT2D eigenvalue weighted by atomic mass is 10.2. The van der Waals surface area contributed by atoms with Crippen LogP contribution in [-0.2, 0) is 9.53 Å². The van der Waals surface area contributed by atoms with E-state index in [9.17, 15) is 4.79 Å². The molecule has 0 unspecified atom stereocenters. The van der Waals surface area contributed by atoms with Crippen LogP contribution >= 0.6 is 0 Å². The lowest BCUT2D eigenvalue weighted by molar-refractivity contribution is -0.136. The zero-order valence-corrected chi connectivity index (χ0v) is 9.58. The Morgan fingerprint density at radius 2 is 2.07 bits per heavy atom. The third-order valence-electron chi connectivity index (χ3n) is 2.59. The SMILES string of the molecule is COC(=O)C(C)=CCNN1CCCCC1. The maximum absolute atomic E-state index is 11.1. The Bertz CT molecular complexity index is 233. The number of rotatable bonds is 4. The van der Waals surface area contributed by atoms with Crippen molar-refractivity contribution in [1.29, 1.82) is 0 Å². The smallest absolute Gasteiger partial charge is 0.333 e. The second kappa shape index (κ2) is 6.58. The standard InChI is InChI=1S/C11H20N2O2/c1-10(11(14)15-2)6-7-12-13-8-4-3-5-9-13/h6,12H,3-5,7-9H2,1-2H3. The van der Waals surface area contributed by atoms with Crippen LogP contribution in [-0.4, -0.2) is 37.7 Å². The van der Waals surface area contributed by atoms with Crippen molar-refractivity contribution in [3.8, 4) is 0 Å². The van der Waals surface area contributed by atoms with Crippen LogP contribution in [0.1, 0.15) is 26.2 Å². The van der Waals surface area contributed by atoms with Crippen molar-refractivity contribution in [2.75, 3.05) is 26.7 Å². The Balaban J connectivity index is 2.21. The summed E-state index contributed by atoms with van der Waals surface area (Å²) in [5, 5.41) is 2.21. The zero-order valence-electron chi connectivity index (χ0n) is 9.58. The minimum absolute atomic E-state index is 0.254. The fourth-order valence-electron chi connectivity index (χ4n) is 1.62. The quantitative estimate of drug-likeness (QED) is 0.559. The van der Waals surface area contributed by atoms with Crippen molar-refractivity contribution in [1.82, 2.24) is 10.4 Å². The van der Waals surface area contributed by atoms with E-state index in [2.05, 4.69) is 15.2 Å². The number of methoxy groups -OCH3 is 1. The number of carbonyl (C=O) groups is 1. The van der Waals surface area contributed by atoms with Gasteiger partial charge in [-0.05, 0) is 19.8 Å². The molecule has 0 amide bonds. The Morgan fingerprint density at radius 3 is 2.67 bits per heavy atom. The number of hydrogen-bond donors (Lipinski definition) is 1. The third kappa shape index (κ3) is 4.44. The van der Waals surface area contributed by atoms with E-state index in [1.54, 1.807) is 6.92 Å². The lowest BCUT2D eigenvalue weighted by Gasteiger charge is -2.26. The van der Waals surface area contributed by atoms with Gasteiger partial charge in [0.25, 0.3) is 0 Å². The van der Waals surface area contributed by atoms with Gasteiger partial charge in [0.05, 0.1) is 7.11 Å². The van der Waals surface area contributed by atoms with Crippen LogP contribution < -0.4 is 5.43 Å². The fraction of sp³-hybridized carbons (Fsp3) is 0.727. The topological polar surface area (TPSA) is 41.6 Å². The number of carbonyl (C=O) groups excluding carboxylic acids is 1. The van der Waals surface area contributed by atoms with Crippen LogP contribution in [0.3, 0.4) is 0 Å². The molecule has 0 saturated carbocycles. The van der Waals surface area contributed by atoms with Gasteiger partial charge in [0.15, 0.2) is 0 Å². The summed E-state index contributed by atoms with van der Waals surface area (Å²) in [4.78, 5) is 11.1. The summed E-state index contributed by atoms with van der Waals surface area (Å²) in [5.41, 5.74) is 3.94. The molecule has 0 spiro atoms. The Hall–Kier alpha value is -0.870. The van der Waals surface area contributed by atoms with Crippen LogP contribution in [0.25, 0.3) is 0 Å². The molecule has 1 fully saturated rings. The zero-order chi connectivity index (χ0) is 11.1. The second-order valence-electron chi connectivity index (χ2n) is 3.79. The first-order valence-electron chi connectivity index (χ1n) is 5.47. The predicted molar refractivity (Wildman–Crippen MR) is 59.2 cm³/mol. The minimum atomic E-state index is -0.254. The molecule has 0 radical (unpaired) electrons. The van der Waals surface area contributed by atoms with Gasteiger partial charge in [-0.1, -0.05) is 12.5 Å². The predicted octanol–water partition coefficient (Wildman–Crippen LogP) is 1.10. The molecule has 4 heteroatoms. The van der Waals surface area contributed by atoms with E-state index in [-0.39, 0.29) is 5.97 Å². The minimum Gasteiger partial charge on any atom is -0.466 e. The highest BCUT2D eigenvalue weighted by Gasteiger charge is 2.08. The van der Waals surface area contributed by atoms with Crippen molar-refractivity contribution in [2.45, 2.75) is 26.2 Å². The van der Waals surface area contributed by atoms with Crippen LogP contribution in [0, 0.1) is 0 Å². The molecule has 1 saturated heterocycles. The second-order valence-corrected chi connectivity index (χ2v) is 3.79. The number of ether oxygens (including phenoxy) is 1. The Kier molecular flexibility index (Phi) is 5.36. The summed E-state index contributed by atoms with van der Waals surface area (Å²) in [7, 11) is 1.40. The number of piperidine rings is 1. The fourth-order valence-corrected chi connectivity index (χ4v) is 1.62. The van der Waals surface area contributed by atoms with E-state index < -0.39 is 0 Å². The maximum atomic E-state index is 11.1. The van der Waals surface area contributed by atoms with E-state index in [0.717, 1.165) is 13.1 Å². The summed E-state index contributed by atoms with van der Waals surface area (Å²) in [6.45, 7) is 4.67. The Morgan fingerprint density at radius 1 is 1.40 bits per heavy atom. The van der Waals surface area contributed by atoms with Gasteiger partial charge in [-0.25, -0.2) is 9.80 Å². The van der Waals surface area contributed by atoms with Gasteiger partial charge in [-0.3, -0.25) is 5.43 Å². The van der Waals surface area contributed by atoms with Gasteiger partial charge in [-0.2, -0.15) is 0 Å². The van der Waals surface area contributed by atoms with Crippen molar-refractivity contribution >= 4 is 5.97 Å². The lowest BCUT2D eigenvalue weighted by Crippen LogP contribution is -2.41.